The second kappa shape index (κ2) is 11.2. The van der Waals surface area contributed by atoms with Crippen molar-refractivity contribution >= 4 is 34.8 Å². The van der Waals surface area contributed by atoms with Crippen molar-refractivity contribution in [3.05, 3.63) is 90.3 Å². The van der Waals surface area contributed by atoms with Crippen molar-refractivity contribution in [3.63, 3.8) is 0 Å². The summed E-state index contributed by atoms with van der Waals surface area (Å²) in [6.07, 6.45) is -5.59. The van der Waals surface area contributed by atoms with Crippen molar-refractivity contribution in [3.8, 4) is 0 Å². The topological polar surface area (TPSA) is 118 Å². The van der Waals surface area contributed by atoms with E-state index in [0.717, 1.165) is 0 Å². The molecular weight excluding hydrogens is 499 g/mol. The third kappa shape index (κ3) is 6.23. The quantitative estimate of drug-likeness (QED) is 0.466. The normalized spacial score (nSPS) is 16.2. The number of hydrogen-bond donors (Lipinski definition) is 2. The van der Waals surface area contributed by atoms with E-state index < -0.39 is 55.2 Å². The summed E-state index contributed by atoms with van der Waals surface area (Å²) in [5, 5.41) is 2.47. The highest BCUT2D eigenvalue weighted by Crippen LogP contribution is 2.34. The standard InChI is InChI=1S/C27H24F3N5O3/c28-27(29,30)13-12-18(15-22(31)36)25(37)34-24-26(38)35(19-9-6-14-32-16-19)21-11-5-4-10-20(21)23(33-24)17-7-2-1-3-8-17/h1-11,14,16,18,24H,12-13,15H2,(H2,31,36)(H,34,37). The van der Waals surface area contributed by atoms with Crippen LogP contribution < -0.4 is 16.0 Å². The Morgan fingerprint density at radius 1 is 1.03 bits per heavy atom. The summed E-state index contributed by atoms with van der Waals surface area (Å²) in [6, 6.07) is 19.3. The van der Waals surface area contributed by atoms with Gasteiger partial charge in [-0.2, -0.15) is 13.2 Å². The van der Waals surface area contributed by atoms with E-state index in [4.69, 9.17) is 5.73 Å². The molecule has 0 aliphatic carbocycles. The number of aromatic nitrogens is 1. The molecule has 1 aliphatic heterocycles. The number of benzene rings is 2. The summed E-state index contributed by atoms with van der Waals surface area (Å²) >= 11 is 0. The van der Waals surface area contributed by atoms with E-state index in [1.54, 1.807) is 60.7 Å². The van der Waals surface area contributed by atoms with Crippen molar-refractivity contribution in [1.29, 1.82) is 0 Å². The van der Waals surface area contributed by atoms with Gasteiger partial charge in [-0.1, -0.05) is 48.5 Å². The summed E-state index contributed by atoms with van der Waals surface area (Å²) in [5.74, 6) is -3.91. The molecule has 196 valence electrons. The van der Waals surface area contributed by atoms with E-state index in [1.807, 2.05) is 6.07 Å². The number of benzodiazepines with no additional fused rings is 1. The third-order valence-electron chi connectivity index (χ3n) is 5.94. The maximum Gasteiger partial charge on any atom is 0.389 e. The molecule has 3 amide bonds. The smallest absolute Gasteiger partial charge is 0.370 e. The third-order valence-corrected chi connectivity index (χ3v) is 5.94. The van der Waals surface area contributed by atoms with E-state index in [2.05, 4.69) is 15.3 Å². The predicted octanol–water partition coefficient (Wildman–Crippen LogP) is 3.87. The summed E-state index contributed by atoms with van der Waals surface area (Å²) < 4.78 is 38.7. The Balaban J connectivity index is 1.78. The molecule has 8 nitrogen and oxygen atoms in total. The molecule has 4 rings (SSSR count). The number of hydrogen-bond acceptors (Lipinski definition) is 5. The Morgan fingerprint density at radius 2 is 1.74 bits per heavy atom. The number of halogens is 3. The van der Waals surface area contributed by atoms with Crippen molar-refractivity contribution in [2.24, 2.45) is 16.6 Å². The zero-order chi connectivity index (χ0) is 27.3. The number of anilines is 2. The van der Waals surface area contributed by atoms with Gasteiger partial charge in [-0.15, -0.1) is 0 Å². The number of carbonyl (C=O) groups is 3. The second-order valence-electron chi connectivity index (χ2n) is 8.68. The fourth-order valence-corrected chi connectivity index (χ4v) is 4.20. The van der Waals surface area contributed by atoms with Crippen molar-refractivity contribution in [2.45, 2.75) is 31.6 Å². The average Bonchev–Trinajstić information content (AvgIpc) is 3.01. The van der Waals surface area contributed by atoms with Gasteiger partial charge in [0.05, 0.1) is 23.3 Å². The molecule has 38 heavy (non-hydrogen) atoms. The number of nitrogens with zero attached hydrogens (tertiary/aromatic N) is 3. The first-order valence-electron chi connectivity index (χ1n) is 11.8. The largest absolute Gasteiger partial charge is 0.389 e. The lowest BCUT2D eigenvalue weighted by atomic mass is 9.97. The monoisotopic (exact) mass is 523 g/mol. The molecule has 2 aromatic carbocycles. The van der Waals surface area contributed by atoms with Gasteiger partial charge in [-0.3, -0.25) is 24.3 Å². The van der Waals surface area contributed by atoms with Gasteiger partial charge in [-0.25, -0.2) is 4.99 Å². The van der Waals surface area contributed by atoms with Crippen LogP contribution in [0.25, 0.3) is 0 Å². The number of rotatable bonds is 8. The van der Waals surface area contributed by atoms with Crippen LogP contribution in [0.2, 0.25) is 0 Å². The molecule has 2 heterocycles. The molecule has 0 spiro atoms. The summed E-state index contributed by atoms with van der Waals surface area (Å²) in [4.78, 5) is 48.6. The Bertz CT molecular complexity index is 1350. The average molecular weight is 524 g/mol. The second-order valence-corrected chi connectivity index (χ2v) is 8.68. The number of fused-ring (bicyclic) bond motifs is 1. The van der Waals surface area contributed by atoms with Crippen molar-refractivity contribution in [2.75, 3.05) is 4.90 Å². The van der Waals surface area contributed by atoms with Gasteiger partial charge >= 0.3 is 6.18 Å². The van der Waals surface area contributed by atoms with Gasteiger partial charge in [0.1, 0.15) is 0 Å². The van der Waals surface area contributed by atoms with Crippen LogP contribution in [-0.4, -0.2) is 40.8 Å². The van der Waals surface area contributed by atoms with Gasteiger partial charge in [0.25, 0.3) is 5.91 Å². The van der Waals surface area contributed by atoms with Gasteiger partial charge in [0.15, 0.2) is 0 Å². The first-order valence-corrected chi connectivity index (χ1v) is 11.8. The van der Waals surface area contributed by atoms with E-state index in [1.165, 1.54) is 17.3 Å². The number of aliphatic imine (C=N–C) groups is 1. The van der Waals surface area contributed by atoms with Crippen LogP contribution in [0.4, 0.5) is 24.5 Å². The molecule has 11 heteroatoms. The number of amides is 3. The molecule has 2 unspecified atom stereocenters. The van der Waals surface area contributed by atoms with Gasteiger partial charge in [0.2, 0.25) is 18.0 Å². The van der Waals surface area contributed by atoms with Crippen LogP contribution in [0.15, 0.2) is 84.1 Å². The minimum Gasteiger partial charge on any atom is -0.370 e. The van der Waals surface area contributed by atoms with Crippen LogP contribution in [0.3, 0.4) is 0 Å². The number of pyridine rings is 1. The summed E-state index contributed by atoms with van der Waals surface area (Å²) in [5.41, 5.74) is 7.73. The molecule has 1 aliphatic rings. The highest BCUT2D eigenvalue weighted by atomic mass is 19.4. The highest BCUT2D eigenvalue weighted by Gasteiger charge is 2.37. The fourth-order valence-electron chi connectivity index (χ4n) is 4.20. The molecule has 0 saturated carbocycles. The molecule has 0 radical (unpaired) electrons. The number of nitrogens with one attached hydrogen (secondary N) is 1. The van der Waals surface area contributed by atoms with Crippen LogP contribution in [-0.2, 0) is 14.4 Å². The van der Waals surface area contributed by atoms with E-state index in [-0.39, 0.29) is 0 Å². The van der Waals surface area contributed by atoms with Gasteiger partial charge < -0.3 is 11.1 Å². The Hall–Kier alpha value is -4.54. The maximum atomic E-state index is 13.9. The molecule has 0 fully saturated rings. The van der Waals surface area contributed by atoms with E-state index in [9.17, 15) is 27.6 Å². The highest BCUT2D eigenvalue weighted by molar-refractivity contribution is 6.21. The van der Waals surface area contributed by atoms with Crippen LogP contribution >= 0.6 is 0 Å². The van der Waals surface area contributed by atoms with Gasteiger partial charge in [0, 0.05) is 36.1 Å². The van der Waals surface area contributed by atoms with Crippen LogP contribution in [0.1, 0.15) is 30.4 Å². The predicted molar refractivity (Wildman–Crippen MR) is 134 cm³/mol. The first kappa shape index (κ1) is 26.5. The van der Waals surface area contributed by atoms with E-state index in [0.29, 0.717) is 28.2 Å². The summed E-state index contributed by atoms with van der Waals surface area (Å²) in [6.45, 7) is 0. The molecule has 1 aromatic heterocycles. The Kier molecular flexibility index (Phi) is 7.85. The molecule has 0 bridgehead atoms. The molecule has 0 saturated heterocycles. The molecule has 2 atom stereocenters. The number of nitrogens with two attached hydrogens (primary N) is 1. The minimum atomic E-state index is -4.54. The number of primary amides is 1. The first-order chi connectivity index (χ1) is 18.1. The minimum absolute atomic E-state index is 0.396. The summed E-state index contributed by atoms with van der Waals surface area (Å²) in [7, 11) is 0. The van der Waals surface area contributed by atoms with Gasteiger partial charge in [-0.05, 0) is 24.6 Å². The lowest BCUT2D eigenvalue weighted by Crippen LogP contribution is -2.48. The maximum absolute atomic E-state index is 13.9. The SMILES string of the molecule is NC(=O)CC(CCC(F)(F)F)C(=O)NC1N=C(c2ccccc2)c2ccccc2N(c2cccnc2)C1=O. The lowest BCUT2D eigenvalue weighted by molar-refractivity contribution is -0.143. The number of para-hydroxylation sites is 1. The zero-order valence-electron chi connectivity index (χ0n) is 20.1. The fraction of sp³-hybridized carbons (Fsp3) is 0.222. The van der Waals surface area contributed by atoms with E-state index >= 15 is 0 Å². The Labute approximate surface area is 216 Å². The lowest BCUT2D eigenvalue weighted by Gasteiger charge is -2.26. The van der Waals surface area contributed by atoms with Crippen molar-refractivity contribution < 1.29 is 27.6 Å². The Morgan fingerprint density at radius 3 is 2.39 bits per heavy atom. The van der Waals surface area contributed by atoms with Crippen LogP contribution in [0.5, 0.6) is 0 Å². The van der Waals surface area contributed by atoms with Crippen LogP contribution in [0, 0.1) is 5.92 Å². The molecule has 3 N–H and O–H groups in total. The molecular formula is C27H24F3N5O3. The molecule has 3 aromatic rings. The number of alkyl halides is 3. The zero-order valence-corrected chi connectivity index (χ0v) is 20.1. The van der Waals surface area contributed by atoms with Crippen molar-refractivity contribution in [1.82, 2.24) is 10.3 Å². The number of carbonyl (C=O) groups excluding carboxylic acids is 3.